The summed E-state index contributed by atoms with van der Waals surface area (Å²) in [6.07, 6.45) is 0.596. The summed E-state index contributed by atoms with van der Waals surface area (Å²) in [7, 11) is 0. The van der Waals surface area contributed by atoms with Gasteiger partial charge in [-0.2, -0.15) is 0 Å². The molecule has 1 amide bonds. The first-order valence-corrected chi connectivity index (χ1v) is 8.87. The van der Waals surface area contributed by atoms with Crippen LogP contribution in [0.5, 0.6) is 5.75 Å². The van der Waals surface area contributed by atoms with E-state index in [9.17, 15) is 19.2 Å². The lowest BCUT2D eigenvalue weighted by atomic mass is 10.0. The molecular formula is C21H21NO8. The third-order valence-electron chi connectivity index (χ3n) is 4.10. The molecule has 3 rings (SSSR count). The van der Waals surface area contributed by atoms with Gasteiger partial charge in [-0.15, -0.1) is 0 Å². The van der Waals surface area contributed by atoms with Crippen molar-refractivity contribution in [2.45, 2.75) is 25.9 Å². The monoisotopic (exact) mass is 415 g/mol. The van der Waals surface area contributed by atoms with Gasteiger partial charge in [0.25, 0.3) is 0 Å². The molecule has 1 heterocycles. The average molecular weight is 415 g/mol. The number of para-hydroxylation sites is 1. The second-order valence-corrected chi connectivity index (χ2v) is 7.07. The molecule has 1 aliphatic heterocycles. The molecule has 0 saturated heterocycles. The summed E-state index contributed by atoms with van der Waals surface area (Å²) in [5.74, 6) is -4.85. The molecular weight excluding hydrogens is 394 g/mol. The molecule has 3 N–H and O–H groups in total. The third kappa shape index (κ3) is 5.57. The molecule has 0 unspecified atom stereocenters. The van der Waals surface area contributed by atoms with Crippen LogP contribution in [0.2, 0.25) is 0 Å². The van der Waals surface area contributed by atoms with Crippen molar-refractivity contribution in [3.63, 3.8) is 0 Å². The summed E-state index contributed by atoms with van der Waals surface area (Å²) in [4.78, 5) is 44.5. The summed E-state index contributed by atoms with van der Waals surface area (Å²) >= 11 is 0. The lowest BCUT2D eigenvalue weighted by Crippen LogP contribution is -2.40. The highest BCUT2D eigenvalue weighted by Gasteiger charge is 2.35. The van der Waals surface area contributed by atoms with Crippen molar-refractivity contribution in [2.24, 2.45) is 0 Å². The number of aliphatic carboxylic acids is 2. The van der Waals surface area contributed by atoms with Crippen LogP contribution in [0.4, 0.5) is 5.69 Å². The number of benzene rings is 2. The van der Waals surface area contributed by atoms with Crippen LogP contribution in [0.25, 0.3) is 0 Å². The average Bonchev–Trinajstić information content (AvgIpc) is 3.00. The molecule has 30 heavy (non-hydrogen) atoms. The number of carboxylic acid groups (broad SMARTS) is 3. The minimum absolute atomic E-state index is 0.160. The van der Waals surface area contributed by atoms with E-state index >= 15 is 0 Å². The Hall–Kier alpha value is -3.88. The van der Waals surface area contributed by atoms with Crippen molar-refractivity contribution >= 4 is 29.5 Å². The minimum atomic E-state index is -1.72. The number of carboxylic acids is 3. The highest BCUT2D eigenvalue weighted by atomic mass is 16.5. The summed E-state index contributed by atoms with van der Waals surface area (Å²) in [5.41, 5.74) is 0.816. The van der Waals surface area contributed by atoms with Gasteiger partial charge >= 0.3 is 23.8 Å². The number of nitrogens with zero attached hydrogens (tertiary/aromatic N) is 1. The summed E-state index contributed by atoms with van der Waals surface area (Å²) in [6, 6.07) is 13.2. The molecule has 0 spiro atoms. The van der Waals surface area contributed by atoms with Crippen molar-refractivity contribution in [3.05, 3.63) is 59.7 Å². The molecule has 2 aromatic rings. The molecule has 1 aliphatic rings. The number of carbonyl (C=O) groups excluding carboxylic acids is 1. The van der Waals surface area contributed by atoms with Crippen molar-refractivity contribution in [1.29, 1.82) is 0 Å². The molecule has 9 nitrogen and oxygen atoms in total. The van der Waals surface area contributed by atoms with Gasteiger partial charge in [0.2, 0.25) is 0 Å². The van der Waals surface area contributed by atoms with Crippen LogP contribution in [0.1, 0.15) is 29.8 Å². The van der Waals surface area contributed by atoms with Gasteiger partial charge in [0.1, 0.15) is 17.9 Å². The van der Waals surface area contributed by atoms with E-state index in [0.717, 1.165) is 5.56 Å². The van der Waals surface area contributed by atoms with E-state index in [4.69, 9.17) is 20.1 Å². The maximum absolute atomic E-state index is 11.7. The van der Waals surface area contributed by atoms with Gasteiger partial charge in [0.05, 0.1) is 11.3 Å². The quantitative estimate of drug-likeness (QED) is 0.646. The van der Waals surface area contributed by atoms with E-state index in [0.29, 0.717) is 22.6 Å². The first-order valence-electron chi connectivity index (χ1n) is 8.87. The molecule has 0 aromatic heterocycles. The number of aromatic carboxylic acids is 1. The van der Waals surface area contributed by atoms with E-state index in [2.05, 4.69) is 0 Å². The fraction of sp³-hybridized carbons (Fsp3) is 0.238. The lowest BCUT2D eigenvalue weighted by Gasteiger charge is -2.23. The van der Waals surface area contributed by atoms with Crippen LogP contribution in [0.3, 0.4) is 0 Å². The van der Waals surface area contributed by atoms with Crippen LogP contribution >= 0.6 is 0 Å². The second-order valence-electron chi connectivity index (χ2n) is 7.07. The summed E-state index contributed by atoms with van der Waals surface area (Å²) in [5, 5.41) is 26.1. The predicted octanol–water partition coefficient (Wildman–Crippen LogP) is 2.29. The van der Waals surface area contributed by atoms with Crippen molar-refractivity contribution in [2.75, 3.05) is 11.4 Å². The minimum Gasteiger partial charge on any atom is -0.485 e. The number of amides is 1. The predicted molar refractivity (Wildman–Crippen MR) is 106 cm³/mol. The van der Waals surface area contributed by atoms with Gasteiger partial charge in [-0.3, -0.25) is 14.5 Å². The number of hydrogen-bond acceptors (Lipinski definition) is 5. The highest BCUT2D eigenvalue weighted by Crippen LogP contribution is 2.42. The van der Waals surface area contributed by atoms with E-state index in [1.807, 2.05) is 13.8 Å². The van der Waals surface area contributed by atoms with Gasteiger partial charge in [-0.25, -0.2) is 9.59 Å². The van der Waals surface area contributed by atoms with E-state index in [1.54, 1.807) is 42.5 Å². The van der Waals surface area contributed by atoms with Crippen molar-refractivity contribution in [1.82, 2.24) is 0 Å². The smallest absolute Gasteiger partial charge is 0.394 e. The number of rotatable bonds is 4. The maximum atomic E-state index is 11.7. The zero-order valence-corrected chi connectivity index (χ0v) is 16.4. The maximum Gasteiger partial charge on any atom is 0.394 e. The largest absolute Gasteiger partial charge is 0.485 e. The molecule has 0 fully saturated rings. The third-order valence-corrected chi connectivity index (χ3v) is 4.10. The number of fused-ring (bicyclic) bond motifs is 1. The molecule has 0 saturated carbocycles. The summed E-state index contributed by atoms with van der Waals surface area (Å²) < 4.78 is 5.74. The second kappa shape index (κ2) is 9.08. The fourth-order valence-corrected chi connectivity index (χ4v) is 2.91. The van der Waals surface area contributed by atoms with Crippen molar-refractivity contribution < 1.29 is 39.2 Å². The van der Waals surface area contributed by atoms with Gasteiger partial charge in [0.15, 0.2) is 0 Å². The lowest BCUT2D eigenvalue weighted by molar-refractivity contribution is -0.149. The molecule has 0 aliphatic carbocycles. The van der Waals surface area contributed by atoms with E-state index in [1.165, 1.54) is 6.07 Å². The highest BCUT2D eigenvalue weighted by molar-refractivity contribution is 6.38. The van der Waals surface area contributed by atoms with Crippen LogP contribution in [0.15, 0.2) is 48.5 Å². The molecule has 9 heteroatoms. The molecule has 158 valence electrons. The van der Waals surface area contributed by atoms with Gasteiger partial charge in [-0.1, -0.05) is 30.3 Å². The SMILES string of the molecule is CC1(C)Cc2cccc(N(CC(=O)O)C(=O)C(=O)O)c2O1.O=C(O)c1ccccc1. The molecule has 0 atom stereocenters. The Bertz CT molecular complexity index is 968. The Morgan fingerprint density at radius 3 is 2.10 bits per heavy atom. The Balaban J connectivity index is 0.000000297. The number of anilines is 1. The number of hydrogen-bond donors (Lipinski definition) is 3. The van der Waals surface area contributed by atoms with E-state index < -0.39 is 36.0 Å². The van der Waals surface area contributed by atoms with Gasteiger partial charge in [-0.05, 0) is 32.0 Å². The first-order chi connectivity index (χ1) is 14.0. The molecule has 0 bridgehead atoms. The Labute approximate surface area is 172 Å². The standard InChI is InChI=1S/C14H15NO6.C7H6O2/c1-14(2)6-8-4-3-5-9(11(8)21-14)15(7-10(16)17)12(18)13(19)20;8-7(9)6-4-2-1-3-5-6/h3-5H,6-7H2,1-2H3,(H,16,17)(H,19,20);1-5H,(H,8,9). The zero-order chi connectivity index (χ0) is 22.5. The molecule has 2 aromatic carbocycles. The molecule has 0 radical (unpaired) electrons. The first kappa shape index (κ1) is 22.4. The number of ether oxygens (including phenoxy) is 1. The van der Waals surface area contributed by atoms with Crippen molar-refractivity contribution in [3.8, 4) is 5.75 Å². The van der Waals surface area contributed by atoms with Crippen LogP contribution in [-0.4, -0.2) is 51.3 Å². The normalized spacial score (nSPS) is 13.1. The number of carbonyl (C=O) groups is 4. The van der Waals surface area contributed by atoms with Crippen LogP contribution in [-0.2, 0) is 20.8 Å². The van der Waals surface area contributed by atoms with Gasteiger partial charge in [0, 0.05) is 12.0 Å². The Kier molecular flexibility index (Phi) is 6.78. The van der Waals surface area contributed by atoms with Crippen LogP contribution < -0.4 is 9.64 Å². The topological polar surface area (TPSA) is 141 Å². The van der Waals surface area contributed by atoms with Gasteiger partial charge < -0.3 is 20.1 Å². The van der Waals surface area contributed by atoms with E-state index in [-0.39, 0.29) is 5.69 Å². The van der Waals surface area contributed by atoms with Crippen LogP contribution in [0, 0.1) is 0 Å². The Morgan fingerprint density at radius 1 is 0.967 bits per heavy atom. The summed E-state index contributed by atoms with van der Waals surface area (Å²) in [6.45, 7) is 2.97. The Morgan fingerprint density at radius 2 is 1.60 bits per heavy atom. The zero-order valence-electron chi connectivity index (χ0n) is 16.4. The fourth-order valence-electron chi connectivity index (χ4n) is 2.91.